The van der Waals surface area contributed by atoms with Gasteiger partial charge in [0.15, 0.2) is 0 Å². The standard InChI is InChI=1S/C25H38N4O2/c1-4-19(5-2)25(31)26-17-11-16-23-27-21-14-9-10-15-22(21)29(23)18-24(30)28(3)20-12-7-6-8-13-20/h9-10,14-15,19-20H,4-8,11-13,16-18H2,1-3H3,(H,26,31). The van der Waals surface area contributed by atoms with Crippen molar-refractivity contribution in [1.29, 1.82) is 0 Å². The number of rotatable bonds is 10. The molecule has 0 aliphatic heterocycles. The first-order chi connectivity index (χ1) is 15.0. The summed E-state index contributed by atoms with van der Waals surface area (Å²) in [7, 11) is 1.95. The van der Waals surface area contributed by atoms with Gasteiger partial charge in [-0.3, -0.25) is 9.59 Å². The number of hydrogen-bond donors (Lipinski definition) is 1. The minimum atomic E-state index is 0.0949. The van der Waals surface area contributed by atoms with Crippen LogP contribution in [0.25, 0.3) is 11.0 Å². The fourth-order valence-corrected chi connectivity index (χ4v) is 4.67. The van der Waals surface area contributed by atoms with Crippen molar-refractivity contribution in [3.05, 3.63) is 30.1 Å². The average Bonchev–Trinajstić information content (AvgIpc) is 3.14. The van der Waals surface area contributed by atoms with Crippen LogP contribution < -0.4 is 5.32 Å². The Labute approximate surface area is 186 Å². The number of carbonyl (C=O) groups excluding carboxylic acids is 2. The molecular formula is C25H38N4O2. The van der Waals surface area contributed by atoms with Crippen LogP contribution in [0.15, 0.2) is 24.3 Å². The lowest BCUT2D eigenvalue weighted by Gasteiger charge is -2.31. The molecule has 0 unspecified atom stereocenters. The summed E-state index contributed by atoms with van der Waals surface area (Å²) in [5.41, 5.74) is 1.93. The maximum absolute atomic E-state index is 13.1. The summed E-state index contributed by atoms with van der Waals surface area (Å²) in [6.07, 6.45) is 9.20. The summed E-state index contributed by atoms with van der Waals surface area (Å²) >= 11 is 0. The van der Waals surface area contributed by atoms with Crippen LogP contribution in [-0.2, 0) is 22.6 Å². The van der Waals surface area contributed by atoms with Gasteiger partial charge >= 0.3 is 0 Å². The number of imidazole rings is 1. The molecule has 1 aromatic heterocycles. The molecule has 1 aliphatic rings. The molecule has 0 saturated heterocycles. The topological polar surface area (TPSA) is 67.2 Å². The van der Waals surface area contributed by atoms with E-state index in [4.69, 9.17) is 4.98 Å². The summed E-state index contributed by atoms with van der Waals surface area (Å²) in [4.78, 5) is 32.1. The van der Waals surface area contributed by atoms with Gasteiger partial charge in [0.2, 0.25) is 11.8 Å². The number of carbonyl (C=O) groups is 2. The second-order valence-corrected chi connectivity index (χ2v) is 8.81. The zero-order chi connectivity index (χ0) is 22.2. The predicted molar refractivity (Wildman–Crippen MR) is 125 cm³/mol. The molecule has 1 saturated carbocycles. The predicted octanol–water partition coefficient (Wildman–Crippen LogP) is 4.31. The summed E-state index contributed by atoms with van der Waals surface area (Å²) < 4.78 is 2.07. The van der Waals surface area contributed by atoms with Crippen molar-refractivity contribution < 1.29 is 9.59 Å². The highest BCUT2D eigenvalue weighted by Gasteiger charge is 2.23. The van der Waals surface area contributed by atoms with Gasteiger partial charge in [0.25, 0.3) is 0 Å². The minimum Gasteiger partial charge on any atom is -0.356 e. The smallest absolute Gasteiger partial charge is 0.242 e. The van der Waals surface area contributed by atoms with Crippen LogP contribution in [0.2, 0.25) is 0 Å². The van der Waals surface area contributed by atoms with E-state index in [0.29, 0.717) is 19.1 Å². The monoisotopic (exact) mass is 426 g/mol. The van der Waals surface area contributed by atoms with E-state index in [1.54, 1.807) is 0 Å². The van der Waals surface area contributed by atoms with E-state index in [1.807, 2.05) is 36.2 Å². The number of hydrogen-bond acceptors (Lipinski definition) is 3. The lowest BCUT2D eigenvalue weighted by Crippen LogP contribution is -2.40. The van der Waals surface area contributed by atoms with Gasteiger partial charge in [-0.1, -0.05) is 45.2 Å². The third-order valence-corrected chi connectivity index (χ3v) is 6.78. The molecule has 0 atom stereocenters. The van der Waals surface area contributed by atoms with E-state index in [1.165, 1.54) is 19.3 Å². The number of para-hydroxylation sites is 2. The van der Waals surface area contributed by atoms with Crippen molar-refractivity contribution in [2.75, 3.05) is 13.6 Å². The summed E-state index contributed by atoms with van der Waals surface area (Å²) in [5, 5.41) is 3.06. The second kappa shape index (κ2) is 11.3. The van der Waals surface area contributed by atoms with Crippen molar-refractivity contribution in [3.8, 4) is 0 Å². The Morgan fingerprint density at radius 1 is 1.16 bits per heavy atom. The van der Waals surface area contributed by atoms with Crippen molar-refractivity contribution in [1.82, 2.24) is 19.8 Å². The molecule has 1 N–H and O–H groups in total. The molecule has 6 nitrogen and oxygen atoms in total. The third-order valence-electron chi connectivity index (χ3n) is 6.78. The van der Waals surface area contributed by atoms with Crippen LogP contribution in [0.3, 0.4) is 0 Å². The molecule has 31 heavy (non-hydrogen) atoms. The highest BCUT2D eigenvalue weighted by Crippen LogP contribution is 2.23. The van der Waals surface area contributed by atoms with E-state index in [0.717, 1.165) is 55.4 Å². The molecule has 1 heterocycles. The van der Waals surface area contributed by atoms with Crippen LogP contribution in [0.4, 0.5) is 0 Å². The van der Waals surface area contributed by atoms with E-state index in [9.17, 15) is 9.59 Å². The van der Waals surface area contributed by atoms with E-state index < -0.39 is 0 Å². The zero-order valence-electron chi connectivity index (χ0n) is 19.4. The van der Waals surface area contributed by atoms with Gasteiger partial charge in [0.1, 0.15) is 12.4 Å². The Morgan fingerprint density at radius 2 is 1.87 bits per heavy atom. The van der Waals surface area contributed by atoms with Crippen molar-refractivity contribution in [2.24, 2.45) is 5.92 Å². The fourth-order valence-electron chi connectivity index (χ4n) is 4.67. The molecule has 0 bridgehead atoms. The molecule has 2 amide bonds. The number of aromatic nitrogens is 2. The molecule has 1 fully saturated rings. The lowest BCUT2D eigenvalue weighted by molar-refractivity contribution is -0.133. The molecule has 2 aromatic rings. The van der Waals surface area contributed by atoms with Gasteiger partial charge in [-0.05, 0) is 44.2 Å². The van der Waals surface area contributed by atoms with E-state index in [-0.39, 0.29) is 17.7 Å². The molecule has 0 radical (unpaired) electrons. The first-order valence-corrected chi connectivity index (χ1v) is 12.0. The van der Waals surface area contributed by atoms with E-state index in [2.05, 4.69) is 23.7 Å². The van der Waals surface area contributed by atoms with Crippen LogP contribution in [-0.4, -0.2) is 45.9 Å². The van der Waals surface area contributed by atoms with Gasteiger partial charge in [-0.25, -0.2) is 4.98 Å². The average molecular weight is 427 g/mol. The van der Waals surface area contributed by atoms with Crippen molar-refractivity contribution >= 4 is 22.8 Å². The quantitative estimate of drug-likeness (QED) is 0.576. The molecular weight excluding hydrogens is 388 g/mol. The van der Waals surface area contributed by atoms with Gasteiger partial charge in [0.05, 0.1) is 11.0 Å². The van der Waals surface area contributed by atoms with Gasteiger partial charge in [0, 0.05) is 32.0 Å². The SMILES string of the molecule is CCC(CC)C(=O)NCCCc1nc2ccccc2n1CC(=O)N(C)C1CCCCC1. The van der Waals surface area contributed by atoms with Gasteiger partial charge in [-0.15, -0.1) is 0 Å². The molecule has 1 aliphatic carbocycles. The zero-order valence-corrected chi connectivity index (χ0v) is 19.4. The highest BCUT2D eigenvalue weighted by molar-refractivity contribution is 5.81. The maximum atomic E-state index is 13.1. The van der Waals surface area contributed by atoms with Gasteiger partial charge < -0.3 is 14.8 Å². The number of amides is 2. The number of nitrogens with one attached hydrogen (secondary N) is 1. The Morgan fingerprint density at radius 3 is 2.58 bits per heavy atom. The number of benzene rings is 1. The number of nitrogens with zero attached hydrogens (tertiary/aromatic N) is 3. The van der Waals surface area contributed by atoms with Crippen LogP contribution in [0.5, 0.6) is 0 Å². The Kier molecular flexibility index (Phi) is 8.50. The van der Waals surface area contributed by atoms with E-state index >= 15 is 0 Å². The normalized spacial score (nSPS) is 14.8. The molecule has 170 valence electrons. The largest absolute Gasteiger partial charge is 0.356 e. The number of fused-ring (bicyclic) bond motifs is 1. The summed E-state index contributed by atoms with van der Waals surface area (Å²) in [6.45, 7) is 5.06. The molecule has 3 rings (SSSR count). The third kappa shape index (κ3) is 5.86. The van der Waals surface area contributed by atoms with Crippen molar-refractivity contribution in [2.45, 2.75) is 84.2 Å². The highest BCUT2D eigenvalue weighted by atomic mass is 16.2. The minimum absolute atomic E-state index is 0.0949. The Bertz CT molecular complexity index is 866. The van der Waals surface area contributed by atoms with Crippen LogP contribution >= 0.6 is 0 Å². The van der Waals surface area contributed by atoms with Gasteiger partial charge in [-0.2, -0.15) is 0 Å². The Balaban J connectivity index is 1.65. The first kappa shape index (κ1) is 23.3. The van der Waals surface area contributed by atoms with Crippen LogP contribution in [0.1, 0.15) is 71.0 Å². The summed E-state index contributed by atoms with van der Waals surface area (Å²) in [6, 6.07) is 8.37. The molecule has 6 heteroatoms. The summed E-state index contributed by atoms with van der Waals surface area (Å²) in [5.74, 6) is 1.31. The lowest BCUT2D eigenvalue weighted by atomic mass is 9.94. The first-order valence-electron chi connectivity index (χ1n) is 12.0. The second-order valence-electron chi connectivity index (χ2n) is 8.81. The molecule has 1 aromatic carbocycles. The number of likely N-dealkylation sites (N-methyl/N-ethyl adjacent to an activating group) is 1. The number of aryl methyl sites for hydroxylation is 1. The molecule has 0 spiro atoms. The maximum Gasteiger partial charge on any atom is 0.242 e. The fraction of sp³-hybridized carbons (Fsp3) is 0.640. The Hall–Kier alpha value is -2.37. The van der Waals surface area contributed by atoms with Crippen molar-refractivity contribution in [3.63, 3.8) is 0 Å². The van der Waals surface area contributed by atoms with Crippen LogP contribution in [0, 0.1) is 5.92 Å².